The van der Waals surface area contributed by atoms with E-state index in [2.05, 4.69) is 0 Å². The number of ether oxygens (including phenoxy) is 2. The van der Waals surface area contributed by atoms with Crippen molar-refractivity contribution in [3.8, 4) is 11.8 Å². The fourth-order valence-electron chi connectivity index (χ4n) is 3.49. The van der Waals surface area contributed by atoms with Gasteiger partial charge in [-0.3, -0.25) is 0 Å². The monoisotopic (exact) mass is 421 g/mol. The predicted molar refractivity (Wildman–Crippen MR) is 99.6 cm³/mol. The molecule has 0 aliphatic carbocycles. The Morgan fingerprint density at radius 3 is 2.40 bits per heavy atom. The molecule has 1 heterocycles. The lowest BCUT2D eigenvalue weighted by Crippen LogP contribution is -2.55. The summed E-state index contributed by atoms with van der Waals surface area (Å²) in [6, 6.07) is 9.00. The van der Waals surface area contributed by atoms with Crippen LogP contribution in [0.4, 0.5) is 8.78 Å². The van der Waals surface area contributed by atoms with Gasteiger partial charge in [-0.05, 0) is 28.8 Å². The highest BCUT2D eigenvalue weighted by molar-refractivity contribution is 5.45. The molecule has 0 bridgehead atoms. The van der Waals surface area contributed by atoms with Crippen molar-refractivity contribution in [1.29, 1.82) is 5.26 Å². The highest BCUT2D eigenvalue weighted by Crippen LogP contribution is 2.34. The van der Waals surface area contributed by atoms with Crippen LogP contribution in [0.5, 0.6) is 5.75 Å². The van der Waals surface area contributed by atoms with Crippen LogP contribution in [0.3, 0.4) is 0 Å². The minimum Gasteiger partial charge on any atom is -0.494 e. The molecule has 7 nitrogen and oxygen atoms in total. The third-order valence-electron chi connectivity index (χ3n) is 5.20. The lowest BCUT2D eigenvalue weighted by Gasteiger charge is -2.40. The maximum atomic E-state index is 14.4. The van der Waals surface area contributed by atoms with Crippen molar-refractivity contribution in [2.75, 3.05) is 13.7 Å². The first-order valence-electron chi connectivity index (χ1n) is 9.16. The minimum absolute atomic E-state index is 0.00393. The van der Waals surface area contributed by atoms with Crippen LogP contribution < -0.4 is 4.74 Å². The smallest absolute Gasteiger partial charge is 0.200 e. The van der Waals surface area contributed by atoms with E-state index in [0.717, 1.165) is 0 Å². The Morgan fingerprint density at radius 1 is 1.03 bits per heavy atom. The van der Waals surface area contributed by atoms with Crippen molar-refractivity contribution in [1.82, 2.24) is 0 Å². The molecule has 0 saturated carbocycles. The zero-order chi connectivity index (χ0) is 22.0. The van der Waals surface area contributed by atoms with Crippen LogP contribution in [0, 0.1) is 23.0 Å². The van der Waals surface area contributed by atoms with Gasteiger partial charge in [-0.1, -0.05) is 18.2 Å². The van der Waals surface area contributed by atoms with Crippen molar-refractivity contribution in [2.45, 2.75) is 36.9 Å². The molecule has 1 aliphatic heterocycles. The topological polar surface area (TPSA) is 123 Å². The Bertz CT molecular complexity index is 961. The molecule has 4 N–H and O–H groups in total. The van der Waals surface area contributed by atoms with Gasteiger partial charge in [0.1, 0.15) is 30.5 Å². The molecule has 1 aliphatic rings. The van der Waals surface area contributed by atoms with E-state index >= 15 is 0 Å². The Kier molecular flexibility index (Phi) is 6.65. The van der Waals surface area contributed by atoms with Crippen LogP contribution in [-0.4, -0.2) is 58.6 Å². The first-order chi connectivity index (χ1) is 14.3. The molecule has 9 heteroatoms. The van der Waals surface area contributed by atoms with Crippen LogP contribution in [0.15, 0.2) is 30.3 Å². The molecule has 160 valence electrons. The Balaban J connectivity index is 1.97. The molecule has 0 aromatic heterocycles. The van der Waals surface area contributed by atoms with Crippen molar-refractivity contribution in [3.05, 3.63) is 64.2 Å². The van der Waals surface area contributed by atoms with Crippen LogP contribution in [0.2, 0.25) is 0 Å². The van der Waals surface area contributed by atoms with Crippen LogP contribution in [0.25, 0.3) is 0 Å². The molecular formula is C21H21F2NO6. The maximum absolute atomic E-state index is 14.4. The molecule has 2 aromatic carbocycles. The molecule has 1 fully saturated rings. The third kappa shape index (κ3) is 4.01. The normalized spacial score (nSPS) is 26.3. The van der Waals surface area contributed by atoms with Gasteiger partial charge < -0.3 is 29.9 Å². The number of nitrogens with zero attached hydrogens (tertiary/aromatic N) is 1. The van der Waals surface area contributed by atoms with E-state index in [1.807, 2.05) is 6.07 Å². The molecule has 0 radical (unpaired) electrons. The summed E-state index contributed by atoms with van der Waals surface area (Å²) in [5.74, 6) is -2.48. The highest BCUT2D eigenvalue weighted by atomic mass is 19.2. The number of halogens is 2. The van der Waals surface area contributed by atoms with Crippen molar-refractivity contribution in [2.24, 2.45) is 0 Å². The van der Waals surface area contributed by atoms with Crippen molar-refractivity contribution < 1.29 is 38.7 Å². The number of rotatable bonds is 5. The number of benzene rings is 2. The fraction of sp³-hybridized carbons (Fsp3) is 0.381. The number of nitriles is 1. The summed E-state index contributed by atoms with van der Waals surface area (Å²) in [5.41, 5.74) is 0.889. The molecule has 0 unspecified atom stereocenters. The summed E-state index contributed by atoms with van der Waals surface area (Å²) in [6.45, 7) is -0.582. The summed E-state index contributed by atoms with van der Waals surface area (Å²) in [4.78, 5) is 0. The number of hydrogen-bond acceptors (Lipinski definition) is 7. The van der Waals surface area contributed by atoms with Gasteiger partial charge in [0.25, 0.3) is 0 Å². The molecule has 0 spiro atoms. The van der Waals surface area contributed by atoms with Gasteiger partial charge in [0, 0.05) is 6.42 Å². The molecular weight excluding hydrogens is 400 g/mol. The van der Waals surface area contributed by atoms with Crippen molar-refractivity contribution >= 4 is 0 Å². The third-order valence-corrected chi connectivity index (χ3v) is 5.20. The van der Waals surface area contributed by atoms with Gasteiger partial charge in [0.05, 0.1) is 25.3 Å². The van der Waals surface area contributed by atoms with E-state index in [1.165, 1.54) is 37.4 Å². The van der Waals surface area contributed by atoms with Gasteiger partial charge in [0.2, 0.25) is 5.82 Å². The summed E-state index contributed by atoms with van der Waals surface area (Å²) in [6.07, 6.45) is -6.89. The van der Waals surface area contributed by atoms with Gasteiger partial charge in [-0.15, -0.1) is 0 Å². The zero-order valence-corrected chi connectivity index (χ0v) is 16.0. The average molecular weight is 421 g/mol. The predicted octanol–water partition coefficient (Wildman–Crippen LogP) is 0.951. The van der Waals surface area contributed by atoms with Crippen LogP contribution in [-0.2, 0) is 11.2 Å². The van der Waals surface area contributed by atoms with E-state index in [1.54, 1.807) is 0 Å². The largest absolute Gasteiger partial charge is 0.494 e. The van der Waals surface area contributed by atoms with Gasteiger partial charge in [-0.25, -0.2) is 4.39 Å². The van der Waals surface area contributed by atoms with Gasteiger partial charge in [0.15, 0.2) is 11.6 Å². The van der Waals surface area contributed by atoms with E-state index in [-0.39, 0.29) is 23.3 Å². The number of methoxy groups -OCH3 is 1. The van der Waals surface area contributed by atoms with E-state index in [4.69, 9.17) is 9.47 Å². The Morgan fingerprint density at radius 2 is 1.77 bits per heavy atom. The Labute approximate surface area is 171 Å². The van der Waals surface area contributed by atoms with E-state index in [0.29, 0.717) is 11.1 Å². The second kappa shape index (κ2) is 9.04. The van der Waals surface area contributed by atoms with Crippen molar-refractivity contribution in [3.63, 3.8) is 0 Å². The zero-order valence-electron chi connectivity index (χ0n) is 16.0. The summed E-state index contributed by atoms with van der Waals surface area (Å²) >= 11 is 0. The Hall–Kier alpha value is -2.61. The first-order valence-corrected chi connectivity index (χ1v) is 9.16. The molecule has 0 amide bonds. The highest BCUT2D eigenvalue weighted by Gasteiger charge is 2.44. The van der Waals surface area contributed by atoms with Gasteiger partial charge >= 0.3 is 0 Å². The molecule has 1 saturated heterocycles. The molecule has 3 rings (SSSR count). The maximum Gasteiger partial charge on any atom is 0.200 e. The number of aliphatic hydroxyl groups is 4. The quantitative estimate of drug-likeness (QED) is 0.567. The SMILES string of the molecule is COc1ccc(Cc2cc([C@@H]3O[C@H](CO)[C@@H](O)[C@H](O)[C@H]3O)ccc2C#N)c(F)c1F. The summed E-state index contributed by atoms with van der Waals surface area (Å²) in [5, 5.41) is 49.0. The second-order valence-corrected chi connectivity index (χ2v) is 7.01. The number of hydrogen-bond donors (Lipinski definition) is 4. The molecule has 2 aromatic rings. The summed E-state index contributed by atoms with van der Waals surface area (Å²) in [7, 11) is 1.22. The van der Waals surface area contributed by atoms with Crippen LogP contribution in [0.1, 0.15) is 28.4 Å². The fourth-order valence-corrected chi connectivity index (χ4v) is 3.49. The van der Waals surface area contributed by atoms with E-state index < -0.39 is 48.8 Å². The van der Waals surface area contributed by atoms with Gasteiger partial charge in [-0.2, -0.15) is 9.65 Å². The average Bonchev–Trinajstić information content (AvgIpc) is 2.75. The standard InChI is InChI=1S/C21H21F2NO6/c1-29-14-5-4-10(16(22)17(14)23)6-13-7-11(2-3-12(13)8-24)21-20(28)19(27)18(26)15(9-25)30-21/h2-5,7,15,18-21,25-28H,6,9H2,1H3/t15-,18-,19+,20-,21+/m1/s1. The second-order valence-electron chi connectivity index (χ2n) is 7.01. The first kappa shape index (κ1) is 22.1. The molecule has 30 heavy (non-hydrogen) atoms. The summed E-state index contributed by atoms with van der Waals surface area (Å²) < 4.78 is 38.7. The lowest BCUT2D eigenvalue weighted by atomic mass is 9.89. The minimum atomic E-state index is -1.56. The number of aliphatic hydroxyl groups excluding tert-OH is 4. The van der Waals surface area contributed by atoms with Crippen LogP contribution >= 0.6 is 0 Å². The lowest BCUT2D eigenvalue weighted by molar-refractivity contribution is -0.231. The van der Waals surface area contributed by atoms with E-state index in [9.17, 15) is 34.5 Å². The molecule has 5 atom stereocenters.